The number of carbonyl (C=O) groups excluding carboxylic acids is 1. The molecule has 1 fully saturated rings. The first-order chi connectivity index (χ1) is 18.2. The van der Waals surface area contributed by atoms with E-state index in [-0.39, 0.29) is 19.0 Å². The van der Waals surface area contributed by atoms with Crippen molar-refractivity contribution < 1.29 is 24.2 Å². The molecule has 0 bridgehead atoms. The number of piperidine rings is 1. The summed E-state index contributed by atoms with van der Waals surface area (Å²) in [6.07, 6.45) is 3.76. The summed E-state index contributed by atoms with van der Waals surface area (Å²) >= 11 is 5.77. The van der Waals surface area contributed by atoms with Gasteiger partial charge in [0.15, 0.2) is 0 Å². The van der Waals surface area contributed by atoms with E-state index in [1.165, 1.54) is 36.7 Å². The number of carboxylic acids is 1. The summed E-state index contributed by atoms with van der Waals surface area (Å²) in [4.78, 5) is 34.7. The standard InChI is InChI=1S/C18H17ClN4O5.C8H18N2/c1-27-7-8-28-13-4-2-3-12-16(13)22-17(18(25)26)23(12)10-15(24)21-14-6-5-11(19)9-20-14;1-7(2)10-5-3-8(9)4-6-10/h2-6,9H,7-8,10H2,1H3,(H,25,26)(H,20,21,24);7-8H,3-6,9H2,1-2H3. The van der Waals surface area contributed by atoms with Gasteiger partial charge in [-0.25, -0.2) is 14.8 Å². The normalized spacial score (nSPS) is 14.3. The fourth-order valence-corrected chi connectivity index (χ4v) is 4.12. The number of hydrogen-bond donors (Lipinski definition) is 3. The number of rotatable bonds is 9. The van der Waals surface area contributed by atoms with Crippen LogP contribution in [-0.2, 0) is 16.1 Å². The third-order valence-corrected chi connectivity index (χ3v) is 6.30. The van der Waals surface area contributed by atoms with Crippen molar-refractivity contribution >= 4 is 40.3 Å². The Hall–Kier alpha value is -3.25. The van der Waals surface area contributed by atoms with E-state index >= 15 is 0 Å². The molecule has 0 saturated carbocycles. The zero-order valence-electron chi connectivity index (χ0n) is 21.9. The zero-order valence-corrected chi connectivity index (χ0v) is 22.6. The molecule has 0 aliphatic carbocycles. The summed E-state index contributed by atoms with van der Waals surface area (Å²) < 4.78 is 11.9. The van der Waals surface area contributed by atoms with Crippen LogP contribution in [0.1, 0.15) is 37.3 Å². The Morgan fingerprint density at radius 1 is 1.21 bits per heavy atom. The SMILES string of the molecule is CC(C)N1CCC(N)CC1.COCCOc1cccc2c1nc(C(=O)O)n2CC(=O)Nc1ccc(Cl)cn1. The fraction of sp³-hybridized carbons (Fsp3) is 0.462. The Morgan fingerprint density at radius 2 is 1.95 bits per heavy atom. The number of fused-ring (bicyclic) bond motifs is 1. The van der Waals surface area contributed by atoms with Crippen molar-refractivity contribution in [1.82, 2.24) is 19.4 Å². The van der Waals surface area contributed by atoms with Crippen LogP contribution in [-0.4, -0.2) is 81.9 Å². The van der Waals surface area contributed by atoms with E-state index in [0.717, 1.165) is 0 Å². The Labute approximate surface area is 226 Å². The molecule has 1 aliphatic heterocycles. The molecular formula is C26H35ClN6O5. The maximum Gasteiger partial charge on any atom is 0.372 e. The van der Waals surface area contributed by atoms with Gasteiger partial charge in [0, 0.05) is 25.4 Å². The molecule has 38 heavy (non-hydrogen) atoms. The Balaban J connectivity index is 0.000000336. The van der Waals surface area contributed by atoms with Crippen LogP contribution in [0, 0.1) is 0 Å². The number of carboxylic acid groups (broad SMARTS) is 1. The van der Waals surface area contributed by atoms with Gasteiger partial charge in [0.05, 0.1) is 17.1 Å². The molecule has 1 amide bonds. The van der Waals surface area contributed by atoms with Crippen LogP contribution < -0.4 is 15.8 Å². The first-order valence-electron chi connectivity index (χ1n) is 12.4. The lowest BCUT2D eigenvalue weighted by atomic mass is 10.1. The predicted octanol–water partition coefficient (Wildman–Crippen LogP) is 3.26. The fourth-order valence-electron chi connectivity index (χ4n) is 4.01. The number of aromatic nitrogens is 3. The number of imidazole rings is 1. The van der Waals surface area contributed by atoms with Gasteiger partial charge in [-0.2, -0.15) is 0 Å². The third kappa shape index (κ3) is 8.12. The van der Waals surface area contributed by atoms with Crippen LogP contribution in [0.15, 0.2) is 36.5 Å². The van der Waals surface area contributed by atoms with Gasteiger partial charge in [0.1, 0.15) is 30.2 Å². The van der Waals surface area contributed by atoms with Gasteiger partial charge in [-0.15, -0.1) is 0 Å². The Kier molecular flexibility index (Phi) is 10.8. The number of pyridine rings is 1. The lowest BCUT2D eigenvalue weighted by Gasteiger charge is -2.32. The molecule has 0 spiro atoms. The van der Waals surface area contributed by atoms with Crippen molar-refractivity contribution in [2.75, 3.05) is 38.7 Å². The highest BCUT2D eigenvalue weighted by Gasteiger charge is 2.21. The Bertz CT molecular complexity index is 1210. The maximum absolute atomic E-state index is 12.4. The lowest BCUT2D eigenvalue weighted by molar-refractivity contribution is -0.116. The van der Waals surface area contributed by atoms with Gasteiger partial charge in [-0.05, 0) is 64.0 Å². The number of methoxy groups -OCH3 is 1. The van der Waals surface area contributed by atoms with Gasteiger partial charge >= 0.3 is 5.97 Å². The lowest BCUT2D eigenvalue weighted by Crippen LogP contribution is -2.42. The van der Waals surface area contributed by atoms with Crippen molar-refractivity contribution in [2.45, 2.75) is 45.3 Å². The van der Waals surface area contributed by atoms with E-state index in [0.29, 0.717) is 46.3 Å². The van der Waals surface area contributed by atoms with Gasteiger partial charge in [-0.3, -0.25) is 4.79 Å². The molecule has 11 nitrogen and oxygen atoms in total. The molecule has 1 aromatic carbocycles. The van der Waals surface area contributed by atoms with Gasteiger partial charge < -0.3 is 35.1 Å². The van der Waals surface area contributed by atoms with E-state index in [9.17, 15) is 14.7 Å². The van der Waals surface area contributed by atoms with Crippen LogP contribution >= 0.6 is 11.6 Å². The molecular weight excluding hydrogens is 512 g/mol. The molecule has 4 N–H and O–H groups in total. The van der Waals surface area contributed by atoms with E-state index in [2.05, 4.69) is 34.0 Å². The number of ether oxygens (including phenoxy) is 2. The summed E-state index contributed by atoms with van der Waals surface area (Å²) in [5, 5.41) is 12.5. The number of benzene rings is 1. The number of nitrogens with zero attached hydrogens (tertiary/aromatic N) is 4. The molecule has 2 aromatic heterocycles. The van der Waals surface area contributed by atoms with Crippen LogP contribution in [0.2, 0.25) is 5.02 Å². The number of hydrogen-bond acceptors (Lipinski definition) is 8. The van der Waals surface area contributed by atoms with Crippen molar-refractivity contribution in [2.24, 2.45) is 5.73 Å². The molecule has 206 valence electrons. The number of para-hydroxylation sites is 1. The number of carbonyl (C=O) groups is 2. The summed E-state index contributed by atoms with van der Waals surface area (Å²) in [7, 11) is 1.55. The topological polar surface area (TPSA) is 145 Å². The highest BCUT2D eigenvalue weighted by atomic mass is 35.5. The first-order valence-corrected chi connectivity index (χ1v) is 12.8. The monoisotopic (exact) mass is 546 g/mol. The minimum Gasteiger partial charge on any atom is -0.489 e. The van der Waals surface area contributed by atoms with Crippen molar-refractivity contribution in [1.29, 1.82) is 0 Å². The predicted molar refractivity (Wildman–Crippen MR) is 146 cm³/mol. The molecule has 3 aromatic rings. The quantitative estimate of drug-likeness (QED) is 0.344. The second-order valence-corrected chi connectivity index (χ2v) is 9.61. The number of amides is 1. The van der Waals surface area contributed by atoms with Crippen LogP contribution in [0.5, 0.6) is 5.75 Å². The number of halogens is 1. The van der Waals surface area contributed by atoms with Crippen LogP contribution in [0.25, 0.3) is 11.0 Å². The molecule has 0 unspecified atom stereocenters. The zero-order chi connectivity index (χ0) is 27.7. The van der Waals surface area contributed by atoms with Gasteiger partial charge in [-0.1, -0.05) is 17.7 Å². The van der Waals surface area contributed by atoms with Crippen molar-refractivity contribution in [3.05, 3.63) is 47.4 Å². The molecule has 12 heteroatoms. The van der Waals surface area contributed by atoms with Gasteiger partial charge in [0.25, 0.3) is 0 Å². The molecule has 3 heterocycles. The molecule has 1 saturated heterocycles. The largest absolute Gasteiger partial charge is 0.489 e. The highest BCUT2D eigenvalue weighted by Crippen LogP contribution is 2.26. The van der Waals surface area contributed by atoms with Gasteiger partial charge in [0.2, 0.25) is 11.7 Å². The summed E-state index contributed by atoms with van der Waals surface area (Å²) in [6, 6.07) is 9.36. The minimum absolute atomic E-state index is 0.260. The average molecular weight is 547 g/mol. The van der Waals surface area contributed by atoms with E-state index in [4.69, 9.17) is 26.8 Å². The molecule has 0 radical (unpaired) electrons. The third-order valence-electron chi connectivity index (χ3n) is 6.08. The maximum atomic E-state index is 12.4. The molecule has 1 aliphatic rings. The smallest absolute Gasteiger partial charge is 0.372 e. The van der Waals surface area contributed by atoms with Crippen LogP contribution in [0.3, 0.4) is 0 Å². The second-order valence-electron chi connectivity index (χ2n) is 9.17. The molecule has 4 rings (SSSR count). The average Bonchev–Trinajstić information content (AvgIpc) is 3.25. The van der Waals surface area contributed by atoms with Crippen molar-refractivity contribution in [3.63, 3.8) is 0 Å². The van der Waals surface area contributed by atoms with Crippen molar-refractivity contribution in [3.8, 4) is 5.75 Å². The number of anilines is 1. The summed E-state index contributed by atoms with van der Waals surface area (Å²) in [5.41, 5.74) is 6.59. The minimum atomic E-state index is -1.25. The molecule has 0 atom stereocenters. The highest BCUT2D eigenvalue weighted by molar-refractivity contribution is 6.30. The van der Waals surface area contributed by atoms with Crippen LogP contribution in [0.4, 0.5) is 5.82 Å². The van der Waals surface area contributed by atoms with E-state index in [1.807, 2.05) is 0 Å². The first kappa shape index (κ1) is 29.3. The number of likely N-dealkylation sites (tertiary alicyclic amines) is 1. The number of aromatic carboxylic acids is 1. The second kappa shape index (κ2) is 14.1. The summed E-state index contributed by atoms with van der Waals surface area (Å²) in [6.45, 7) is 7.28. The summed E-state index contributed by atoms with van der Waals surface area (Å²) in [5.74, 6) is -1.26. The Morgan fingerprint density at radius 3 is 2.55 bits per heavy atom. The number of nitrogens with one attached hydrogen (secondary N) is 1. The van der Waals surface area contributed by atoms with E-state index < -0.39 is 11.9 Å². The van der Waals surface area contributed by atoms with E-state index in [1.54, 1.807) is 37.4 Å². The number of nitrogens with two attached hydrogens (primary N) is 1.